The third kappa shape index (κ3) is 1.39. The van der Waals surface area contributed by atoms with E-state index in [9.17, 15) is 0 Å². The van der Waals surface area contributed by atoms with Crippen molar-refractivity contribution in [1.82, 2.24) is 4.90 Å². The van der Waals surface area contributed by atoms with Crippen molar-refractivity contribution in [2.45, 2.75) is 18.9 Å². The number of hydrogen-bond donors (Lipinski definition) is 1. The molecule has 0 aromatic heterocycles. The number of likely N-dealkylation sites (N-methyl/N-ethyl adjacent to an activating group) is 1. The van der Waals surface area contributed by atoms with Gasteiger partial charge in [-0.05, 0) is 32.0 Å². The summed E-state index contributed by atoms with van der Waals surface area (Å²) in [5.41, 5.74) is 6.67. The van der Waals surface area contributed by atoms with Gasteiger partial charge in [-0.3, -0.25) is 4.90 Å². The summed E-state index contributed by atoms with van der Waals surface area (Å²) >= 11 is 0. The molecule has 1 heterocycles. The van der Waals surface area contributed by atoms with Gasteiger partial charge in [0.15, 0.2) is 0 Å². The van der Waals surface area contributed by atoms with Crippen LogP contribution in [0, 0.1) is 0 Å². The normalized spacial score (nSPS) is 27.2. The third-order valence-corrected chi connectivity index (χ3v) is 2.25. The van der Waals surface area contributed by atoms with Gasteiger partial charge in [-0.1, -0.05) is 6.58 Å². The summed E-state index contributed by atoms with van der Waals surface area (Å²) in [6.45, 7) is 5.77. The molecule has 2 nitrogen and oxygen atoms in total. The van der Waals surface area contributed by atoms with E-state index in [-0.39, 0.29) is 0 Å². The summed E-state index contributed by atoms with van der Waals surface area (Å²) < 4.78 is 0. The topological polar surface area (TPSA) is 29.3 Å². The fraction of sp³-hybridized carbons (Fsp3) is 0.750. The van der Waals surface area contributed by atoms with Crippen molar-refractivity contribution in [3.63, 3.8) is 0 Å². The highest BCUT2D eigenvalue weighted by Crippen LogP contribution is 2.19. The minimum Gasteiger partial charge on any atom is -0.327 e. The summed E-state index contributed by atoms with van der Waals surface area (Å²) in [7, 11) is 2.14. The lowest BCUT2D eigenvalue weighted by Crippen LogP contribution is -2.29. The Balaban J connectivity index is 2.46. The van der Waals surface area contributed by atoms with Gasteiger partial charge in [0.05, 0.1) is 0 Å². The van der Waals surface area contributed by atoms with Crippen molar-refractivity contribution < 1.29 is 0 Å². The highest BCUT2D eigenvalue weighted by atomic mass is 15.1. The van der Waals surface area contributed by atoms with Gasteiger partial charge in [0, 0.05) is 12.6 Å². The summed E-state index contributed by atoms with van der Waals surface area (Å²) in [4.78, 5) is 2.33. The van der Waals surface area contributed by atoms with E-state index in [1.165, 1.54) is 25.0 Å². The van der Waals surface area contributed by atoms with E-state index in [2.05, 4.69) is 18.5 Å². The van der Waals surface area contributed by atoms with Gasteiger partial charge in [0.25, 0.3) is 0 Å². The Kier molecular flexibility index (Phi) is 2.46. The fourth-order valence-corrected chi connectivity index (χ4v) is 1.56. The van der Waals surface area contributed by atoms with E-state index in [1.54, 1.807) is 0 Å². The van der Waals surface area contributed by atoms with Crippen LogP contribution in [0.1, 0.15) is 12.8 Å². The quantitative estimate of drug-likeness (QED) is 0.569. The number of likely N-dealkylation sites (tertiary alicyclic amines) is 1. The third-order valence-electron chi connectivity index (χ3n) is 2.25. The molecule has 1 atom stereocenters. The first-order valence-electron chi connectivity index (χ1n) is 3.83. The fourth-order valence-electron chi connectivity index (χ4n) is 1.56. The minimum absolute atomic E-state index is 0.560. The van der Waals surface area contributed by atoms with Crippen LogP contribution in [0.5, 0.6) is 0 Å². The average Bonchev–Trinajstić information content (AvgIpc) is 2.34. The van der Waals surface area contributed by atoms with Gasteiger partial charge in [0.1, 0.15) is 0 Å². The van der Waals surface area contributed by atoms with Crippen LogP contribution in [0.2, 0.25) is 0 Å². The van der Waals surface area contributed by atoms with Crippen molar-refractivity contribution in [3.8, 4) is 0 Å². The Bertz CT molecular complexity index is 131. The first-order valence-corrected chi connectivity index (χ1v) is 3.83. The van der Waals surface area contributed by atoms with Crippen molar-refractivity contribution >= 4 is 0 Å². The molecule has 2 heteroatoms. The molecule has 1 unspecified atom stereocenters. The van der Waals surface area contributed by atoms with Crippen LogP contribution in [0.25, 0.3) is 0 Å². The van der Waals surface area contributed by atoms with Crippen molar-refractivity contribution in [1.29, 1.82) is 0 Å². The molecule has 1 saturated heterocycles. The van der Waals surface area contributed by atoms with Crippen LogP contribution in [0.3, 0.4) is 0 Å². The zero-order chi connectivity index (χ0) is 7.56. The van der Waals surface area contributed by atoms with Crippen LogP contribution in [-0.2, 0) is 0 Å². The number of rotatable bonds is 2. The van der Waals surface area contributed by atoms with Crippen LogP contribution in [0.15, 0.2) is 12.2 Å². The number of nitrogens with two attached hydrogens (primary N) is 1. The van der Waals surface area contributed by atoms with Gasteiger partial charge in [-0.25, -0.2) is 0 Å². The molecule has 1 aliphatic rings. The molecule has 0 amide bonds. The second-order valence-corrected chi connectivity index (χ2v) is 3.00. The predicted molar refractivity (Wildman–Crippen MR) is 43.8 cm³/mol. The molecular weight excluding hydrogens is 124 g/mol. The molecule has 1 fully saturated rings. The van der Waals surface area contributed by atoms with E-state index in [4.69, 9.17) is 5.73 Å². The molecular formula is C8H16N2. The molecule has 1 rings (SSSR count). The SMILES string of the molecule is C=C(CN)C1CCCN1C. The summed E-state index contributed by atoms with van der Waals surface area (Å²) in [6, 6.07) is 0.560. The Labute approximate surface area is 62.7 Å². The molecule has 0 aliphatic carbocycles. The molecule has 2 N–H and O–H groups in total. The predicted octanol–water partition coefficient (Wildman–Crippen LogP) is 0.595. The summed E-state index contributed by atoms with van der Waals surface area (Å²) in [5, 5.41) is 0. The van der Waals surface area contributed by atoms with Crippen molar-refractivity contribution in [2.24, 2.45) is 5.73 Å². The molecule has 10 heavy (non-hydrogen) atoms. The van der Waals surface area contributed by atoms with E-state index < -0.39 is 0 Å². The average molecular weight is 140 g/mol. The van der Waals surface area contributed by atoms with Gasteiger partial charge >= 0.3 is 0 Å². The van der Waals surface area contributed by atoms with Crippen LogP contribution < -0.4 is 5.73 Å². The standard InChI is InChI=1S/C8H16N2/c1-7(6-9)8-4-3-5-10(8)2/h8H,1,3-6,9H2,2H3. The van der Waals surface area contributed by atoms with Crippen LogP contribution in [0.4, 0.5) is 0 Å². The monoisotopic (exact) mass is 140 g/mol. The number of nitrogens with zero attached hydrogens (tertiary/aromatic N) is 1. The van der Waals surface area contributed by atoms with Gasteiger partial charge in [-0.15, -0.1) is 0 Å². The second-order valence-electron chi connectivity index (χ2n) is 3.00. The van der Waals surface area contributed by atoms with Gasteiger partial charge < -0.3 is 5.73 Å². The molecule has 0 spiro atoms. The highest BCUT2D eigenvalue weighted by Gasteiger charge is 2.21. The van der Waals surface area contributed by atoms with Crippen molar-refractivity contribution in [2.75, 3.05) is 20.1 Å². The Morgan fingerprint density at radius 2 is 2.50 bits per heavy atom. The largest absolute Gasteiger partial charge is 0.327 e. The second kappa shape index (κ2) is 3.17. The smallest absolute Gasteiger partial charge is 0.0314 e. The zero-order valence-corrected chi connectivity index (χ0v) is 6.64. The Hall–Kier alpha value is -0.340. The molecule has 58 valence electrons. The molecule has 1 aliphatic heterocycles. The summed E-state index contributed by atoms with van der Waals surface area (Å²) in [6.07, 6.45) is 2.53. The summed E-state index contributed by atoms with van der Waals surface area (Å²) in [5.74, 6) is 0. The van der Waals surface area contributed by atoms with E-state index in [0.717, 1.165) is 0 Å². The maximum absolute atomic E-state index is 5.49. The van der Waals surface area contributed by atoms with Crippen LogP contribution in [-0.4, -0.2) is 31.1 Å². The highest BCUT2D eigenvalue weighted by molar-refractivity contribution is 5.08. The molecule has 0 bridgehead atoms. The van der Waals surface area contributed by atoms with E-state index in [1.807, 2.05) is 0 Å². The number of hydrogen-bond acceptors (Lipinski definition) is 2. The zero-order valence-electron chi connectivity index (χ0n) is 6.64. The lowest BCUT2D eigenvalue weighted by Gasteiger charge is -2.20. The Morgan fingerprint density at radius 1 is 1.80 bits per heavy atom. The first kappa shape index (κ1) is 7.76. The molecule has 0 radical (unpaired) electrons. The maximum atomic E-state index is 5.49. The van der Waals surface area contributed by atoms with Gasteiger partial charge in [-0.2, -0.15) is 0 Å². The van der Waals surface area contributed by atoms with E-state index >= 15 is 0 Å². The van der Waals surface area contributed by atoms with Crippen molar-refractivity contribution in [3.05, 3.63) is 12.2 Å². The minimum atomic E-state index is 0.560. The van der Waals surface area contributed by atoms with E-state index in [0.29, 0.717) is 12.6 Å². The van der Waals surface area contributed by atoms with Crippen LogP contribution >= 0.6 is 0 Å². The first-order chi connectivity index (χ1) is 4.75. The van der Waals surface area contributed by atoms with Gasteiger partial charge in [0.2, 0.25) is 0 Å². The molecule has 0 saturated carbocycles. The lowest BCUT2D eigenvalue weighted by atomic mass is 10.1. The molecule has 0 aromatic carbocycles. The Morgan fingerprint density at radius 3 is 2.90 bits per heavy atom. The lowest BCUT2D eigenvalue weighted by molar-refractivity contribution is 0.343. The molecule has 0 aromatic rings. The maximum Gasteiger partial charge on any atom is 0.0314 e.